The standard InChI is InChI=1S/C11H16N2O2S/c1-4-7-16(14,15)13-10-6-5-8(2)11(12)9(10)3/h4-6,13H,1,7,12H2,2-3H3. The van der Waals surface area contributed by atoms with Crippen LogP contribution in [0, 0.1) is 13.8 Å². The number of nitrogens with two attached hydrogens (primary N) is 1. The van der Waals surface area contributed by atoms with Crippen molar-refractivity contribution in [2.75, 3.05) is 16.2 Å². The minimum atomic E-state index is -3.36. The lowest BCUT2D eigenvalue weighted by molar-refractivity contribution is 0.604. The summed E-state index contributed by atoms with van der Waals surface area (Å²) >= 11 is 0. The Morgan fingerprint density at radius 3 is 2.62 bits per heavy atom. The quantitative estimate of drug-likeness (QED) is 0.622. The van der Waals surface area contributed by atoms with Gasteiger partial charge in [-0.2, -0.15) is 0 Å². The highest BCUT2D eigenvalue weighted by Gasteiger charge is 2.11. The summed E-state index contributed by atoms with van der Waals surface area (Å²) in [5, 5.41) is 0. The number of nitrogen functional groups attached to an aromatic ring is 1. The largest absolute Gasteiger partial charge is 0.398 e. The summed E-state index contributed by atoms with van der Waals surface area (Å²) in [6, 6.07) is 3.50. The van der Waals surface area contributed by atoms with E-state index in [9.17, 15) is 8.42 Å². The Morgan fingerprint density at radius 1 is 1.44 bits per heavy atom. The molecule has 88 valence electrons. The first kappa shape index (κ1) is 12.6. The molecule has 0 radical (unpaired) electrons. The summed E-state index contributed by atoms with van der Waals surface area (Å²) in [6.07, 6.45) is 1.34. The van der Waals surface area contributed by atoms with Gasteiger partial charge in [0.25, 0.3) is 0 Å². The molecule has 0 saturated heterocycles. The van der Waals surface area contributed by atoms with Gasteiger partial charge in [-0.3, -0.25) is 4.72 Å². The van der Waals surface area contributed by atoms with E-state index in [2.05, 4.69) is 11.3 Å². The van der Waals surface area contributed by atoms with Gasteiger partial charge in [-0.25, -0.2) is 8.42 Å². The molecule has 1 aromatic carbocycles. The highest BCUT2D eigenvalue weighted by molar-refractivity contribution is 7.92. The summed E-state index contributed by atoms with van der Waals surface area (Å²) in [5.41, 5.74) is 8.63. The van der Waals surface area contributed by atoms with Crippen molar-refractivity contribution in [2.24, 2.45) is 0 Å². The highest BCUT2D eigenvalue weighted by Crippen LogP contribution is 2.25. The van der Waals surface area contributed by atoms with Gasteiger partial charge in [0.2, 0.25) is 10.0 Å². The average Bonchev–Trinajstić information content (AvgIpc) is 2.19. The Bertz CT molecular complexity index is 507. The molecular formula is C11H16N2O2S. The fraction of sp³-hybridized carbons (Fsp3) is 0.273. The third-order valence-corrected chi connectivity index (χ3v) is 3.54. The van der Waals surface area contributed by atoms with Crippen LogP contribution in [0.3, 0.4) is 0 Å². The molecule has 0 aliphatic heterocycles. The topological polar surface area (TPSA) is 72.2 Å². The lowest BCUT2D eigenvalue weighted by Crippen LogP contribution is -2.16. The first-order valence-electron chi connectivity index (χ1n) is 4.84. The molecular weight excluding hydrogens is 224 g/mol. The molecule has 0 atom stereocenters. The second-order valence-electron chi connectivity index (χ2n) is 3.64. The van der Waals surface area contributed by atoms with Gasteiger partial charge in [-0.05, 0) is 31.0 Å². The van der Waals surface area contributed by atoms with E-state index >= 15 is 0 Å². The summed E-state index contributed by atoms with van der Waals surface area (Å²) in [6.45, 7) is 7.06. The molecule has 0 aliphatic carbocycles. The molecule has 0 aromatic heterocycles. The smallest absolute Gasteiger partial charge is 0.236 e. The van der Waals surface area contributed by atoms with Crippen LogP contribution >= 0.6 is 0 Å². The summed E-state index contributed by atoms with van der Waals surface area (Å²) in [5.74, 6) is -0.111. The fourth-order valence-corrected chi connectivity index (χ4v) is 2.29. The third-order valence-electron chi connectivity index (χ3n) is 2.34. The minimum absolute atomic E-state index is 0.111. The van der Waals surface area contributed by atoms with Crippen LogP contribution in [0.15, 0.2) is 24.8 Å². The van der Waals surface area contributed by atoms with Crippen LogP contribution in [0.25, 0.3) is 0 Å². The fourth-order valence-electron chi connectivity index (χ4n) is 1.34. The Labute approximate surface area is 96.2 Å². The van der Waals surface area contributed by atoms with E-state index < -0.39 is 10.0 Å². The van der Waals surface area contributed by atoms with Gasteiger partial charge in [0.15, 0.2) is 0 Å². The summed E-state index contributed by atoms with van der Waals surface area (Å²) in [7, 11) is -3.36. The predicted octanol–water partition coefficient (Wildman–Crippen LogP) is 1.81. The second kappa shape index (κ2) is 4.57. The van der Waals surface area contributed by atoms with Crippen LogP contribution in [-0.2, 0) is 10.0 Å². The number of aryl methyl sites for hydroxylation is 1. The zero-order valence-corrected chi connectivity index (χ0v) is 10.3. The van der Waals surface area contributed by atoms with Gasteiger partial charge in [0, 0.05) is 5.69 Å². The van der Waals surface area contributed by atoms with Crippen LogP contribution in [-0.4, -0.2) is 14.2 Å². The van der Waals surface area contributed by atoms with E-state index in [1.54, 1.807) is 19.1 Å². The summed E-state index contributed by atoms with van der Waals surface area (Å²) < 4.78 is 25.5. The SMILES string of the molecule is C=CCS(=O)(=O)Nc1ccc(C)c(N)c1C. The van der Waals surface area contributed by atoms with Gasteiger partial charge in [0.1, 0.15) is 0 Å². The Hall–Kier alpha value is -1.49. The second-order valence-corrected chi connectivity index (χ2v) is 5.41. The van der Waals surface area contributed by atoms with Crippen LogP contribution in [0.1, 0.15) is 11.1 Å². The molecule has 5 heteroatoms. The van der Waals surface area contributed by atoms with Crippen molar-refractivity contribution in [3.05, 3.63) is 35.9 Å². The van der Waals surface area contributed by atoms with Gasteiger partial charge in [0.05, 0.1) is 11.4 Å². The molecule has 0 unspecified atom stereocenters. The lowest BCUT2D eigenvalue weighted by Gasteiger charge is -2.12. The molecule has 16 heavy (non-hydrogen) atoms. The maximum Gasteiger partial charge on any atom is 0.236 e. The zero-order valence-electron chi connectivity index (χ0n) is 9.45. The van der Waals surface area contributed by atoms with E-state index in [0.717, 1.165) is 11.1 Å². The molecule has 1 aromatic rings. The van der Waals surface area contributed by atoms with Gasteiger partial charge in [-0.15, -0.1) is 6.58 Å². The van der Waals surface area contributed by atoms with E-state index in [-0.39, 0.29) is 5.75 Å². The van der Waals surface area contributed by atoms with Gasteiger partial charge >= 0.3 is 0 Å². The number of hydrogen-bond donors (Lipinski definition) is 2. The molecule has 4 nitrogen and oxygen atoms in total. The predicted molar refractivity (Wildman–Crippen MR) is 67.9 cm³/mol. The first-order valence-corrected chi connectivity index (χ1v) is 6.49. The Morgan fingerprint density at radius 2 is 2.06 bits per heavy atom. The normalized spacial score (nSPS) is 11.1. The lowest BCUT2D eigenvalue weighted by atomic mass is 10.1. The Balaban J connectivity index is 3.08. The van der Waals surface area contributed by atoms with E-state index in [1.807, 2.05) is 6.92 Å². The van der Waals surface area contributed by atoms with Crippen LogP contribution < -0.4 is 10.5 Å². The molecule has 0 heterocycles. The van der Waals surface area contributed by atoms with E-state index in [1.165, 1.54) is 6.08 Å². The van der Waals surface area contributed by atoms with Crippen molar-refractivity contribution < 1.29 is 8.42 Å². The minimum Gasteiger partial charge on any atom is -0.398 e. The third kappa shape index (κ3) is 2.76. The highest BCUT2D eigenvalue weighted by atomic mass is 32.2. The maximum absolute atomic E-state index is 11.5. The number of anilines is 2. The number of rotatable bonds is 4. The van der Waals surface area contributed by atoms with Crippen LogP contribution in [0.2, 0.25) is 0 Å². The van der Waals surface area contributed by atoms with Crippen molar-refractivity contribution >= 4 is 21.4 Å². The first-order chi connectivity index (χ1) is 7.37. The monoisotopic (exact) mass is 240 g/mol. The molecule has 0 aliphatic rings. The Kier molecular flexibility index (Phi) is 3.59. The van der Waals surface area contributed by atoms with E-state index in [0.29, 0.717) is 11.4 Å². The van der Waals surface area contributed by atoms with Crippen molar-refractivity contribution in [1.82, 2.24) is 0 Å². The average molecular weight is 240 g/mol. The number of benzene rings is 1. The molecule has 0 fully saturated rings. The summed E-state index contributed by atoms with van der Waals surface area (Å²) in [4.78, 5) is 0. The molecule has 0 amide bonds. The van der Waals surface area contributed by atoms with E-state index in [4.69, 9.17) is 5.73 Å². The number of nitrogens with one attached hydrogen (secondary N) is 1. The molecule has 0 saturated carbocycles. The molecule has 3 N–H and O–H groups in total. The van der Waals surface area contributed by atoms with Gasteiger partial charge < -0.3 is 5.73 Å². The molecule has 0 spiro atoms. The molecule has 1 rings (SSSR count). The number of sulfonamides is 1. The number of hydrogen-bond acceptors (Lipinski definition) is 3. The van der Waals surface area contributed by atoms with Crippen molar-refractivity contribution in [1.29, 1.82) is 0 Å². The zero-order chi connectivity index (χ0) is 12.3. The van der Waals surface area contributed by atoms with Gasteiger partial charge in [-0.1, -0.05) is 12.1 Å². The van der Waals surface area contributed by atoms with Crippen LogP contribution in [0.5, 0.6) is 0 Å². The van der Waals surface area contributed by atoms with Crippen molar-refractivity contribution in [2.45, 2.75) is 13.8 Å². The van der Waals surface area contributed by atoms with Crippen LogP contribution in [0.4, 0.5) is 11.4 Å². The maximum atomic E-state index is 11.5. The van der Waals surface area contributed by atoms with Crippen molar-refractivity contribution in [3.63, 3.8) is 0 Å². The van der Waals surface area contributed by atoms with Crippen molar-refractivity contribution in [3.8, 4) is 0 Å². The molecule has 0 bridgehead atoms.